The predicted octanol–water partition coefficient (Wildman–Crippen LogP) is 3.91. The Morgan fingerprint density at radius 1 is 1.04 bits per heavy atom. The minimum absolute atomic E-state index is 0.154. The molecule has 2 aromatic carbocycles. The van der Waals surface area contributed by atoms with E-state index in [0.29, 0.717) is 34.1 Å². The Morgan fingerprint density at radius 2 is 1.92 bits per heavy atom. The molecule has 0 aliphatic carbocycles. The van der Waals surface area contributed by atoms with Gasteiger partial charge in [-0.15, -0.1) is 0 Å². The van der Waals surface area contributed by atoms with Crippen LogP contribution in [0.25, 0.3) is 11.3 Å². The molecule has 120 valence electrons. The Balaban J connectivity index is 1.77. The van der Waals surface area contributed by atoms with Gasteiger partial charge in [0.2, 0.25) is 6.79 Å². The van der Waals surface area contributed by atoms with Crippen molar-refractivity contribution in [1.82, 2.24) is 0 Å². The van der Waals surface area contributed by atoms with E-state index < -0.39 is 0 Å². The first-order valence-corrected chi connectivity index (χ1v) is 7.42. The molecule has 1 aliphatic heterocycles. The molecular formula is C19H14O5. The van der Waals surface area contributed by atoms with Crippen LogP contribution in [0.2, 0.25) is 0 Å². The average molecular weight is 322 g/mol. The van der Waals surface area contributed by atoms with Crippen molar-refractivity contribution in [2.45, 2.75) is 0 Å². The number of methoxy groups -OCH3 is 1. The van der Waals surface area contributed by atoms with Gasteiger partial charge in [-0.05, 0) is 48.5 Å². The Hall–Kier alpha value is -3.21. The van der Waals surface area contributed by atoms with Gasteiger partial charge in [0.25, 0.3) is 0 Å². The Morgan fingerprint density at radius 3 is 2.71 bits per heavy atom. The zero-order chi connectivity index (χ0) is 16.5. The summed E-state index contributed by atoms with van der Waals surface area (Å²) in [5.41, 5.74) is 1.78. The molecule has 1 aliphatic rings. The number of carbonyl (C=O) groups is 1. The fraction of sp³-hybridized carbons (Fsp3) is 0.105. The largest absolute Gasteiger partial charge is 0.496 e. The quantitative estimate of drug-likeness (QED) is 0.682. The minimum Gasteiger partial charge on any atom is -0.496 e. The summed E-state index contributed by atoms with van der Waals surface area (Å²) in [5, 5.41) is 0. The highest BCUT2D eigenvalue weighted by molar-refractivity contribution is 6.11. The standard InChI is InChI=1S/C19H14O5/c1-21-16-6-4-12(15-3-2-8-22-15)9-14(16)19(20)13-5-7-17-18(10-13)24-11-23-17/h2-10H,11H2,1H3. The van der Waals surface area contributed by atoms with Crippen molar-refractivity contribution in [2.75, 3.05) is 13.9 Å². The molecular weight excluding hydrogens is 308 g/mol. The highest BCUT2D eigenvalue weighted by atomic mass is 16.7. The summed E-state index contributed by atoms with van der Waals surface area (Å²) in [4.78, 5) is 12.9. The SMILES string of the molecule is COc1ccc(-c2ccco2)cc1C(=O)c1ccc2c(c1)OCO2. The van der Waals surface area contributed by atoms with Gasteiger partial charge >= 0.3 is 0 Å². The second-order valence-electron chi connectivity index (χ2n) is 5.29. The summed E-state index contributed by atoms with van der Waals surface area (Å²) in [6.07, 6.45) is 1.60. The highest BCUT2D eigenvalue weighted by Gasteiger charge is 2.20. The molecule has 0 unspecified atom stereocenters. The van der Waals surface area contributed by atoms with E-state index in [0.717, 1.165) is 5.56 Å². The van der Waals surface area contributed by atoms with E-state index in [9.17, 15) is 4.79 Å². The highest BCUT2D eigenvalue weighted by Crippen LogP contribution is 2.34. The number of carbonyl (C=O) groups excluding carboxylic acids is 1. The fourth-order valence-electron chi connectivity index (χ4n) is 2.67. The van der Waals surface area contributed by atoms with Crippen LogP contribution in [0.15, 0.2) is 59.2 Å². The number of benzene rings is 2. The summed E-state index contributed by atoms with van der Waals surface area (Å²) >= 11 is 0. The van der Waals surface area contributed by atoms with Crippen LogP contribution in [0, 0.1) is 0 Å². The first kappa shape index (κ1) is 14.4. The van der Waals surface area contributed by atoms with E-state index in [-0.39, 0.29) is 12.6 Å². The molecule has 0 radical (unpaired) electrons. The van der Waals surface area contributed by atoms with Gasteiger partial charge in [-0.25, -0.2) is 0 Å². The molecule has 5 heteroatoms. The predicted molar refractivity (Wildman–Crippen MR) is 86.7 cm³/mol. The lowest BCUT2D eigenvalue weighted by Crippen LogP contribution is -2.04. The molecule has 0 saturated heterocycles. The van der Waals surface area contributed by atoms with E-state index in [2.05, 4.69) is 0 Å². The van der Waals surface area contributed by atoms with Crippen LogP contribution in [-0.4, -0.2) is 19.7 Å². The lowest BCUT2D eigenvalue weighted by molar-refractivity contribution is 0.103. The average Bonchev–Trinajstić information content (AvgIpc) is 3.31. The third-order valence-corrected chi connectivity index (χ3v) is 3.88. The normalized spacial score (nSPS) is 12.2. The van der Waals surface area contributed by atoms with Gasteiger partial charge in [0.1, 0.15) is 11.5 Å². The molecule has 1 aromatic heterocycles. The third-order valence-electron chi connectivity index (χ3n) is 3.88. The maximum absolute atomic E-state index is 12.9. The number of ketones is 1. The van der Waals surface area contributed by atoms with Crippen LogP contribution in [-0.2, 0) is 0 Å². The number of hydrogen-bond donors (Lipinski definition) is 0. The first-order chi connectivity index (χ1) is 11.8. The zero-order valence-electron chi connectivity index (χ0n) is 12.9. The zero-order valence-corrected chi connectivity index (χ0v) is 12.9. The molecule has 2 heterocycles. The van der Waals surface area contributed by atoms with Crippen LogP contribution in [0.5, 0.6) is 17.2 Å². The molecule has 0 atom stereocenters. The summed E-state index contributed by atoms with van der Waals surface area (Å²) in [7, 11) is 1.54. The van der Waals surface area contributed by atoms with Gasteiger partial charge in [-0.2, -0.15) is 0 Å². The second-order valence-corrected chi connectivity index (χ2v) is 5.29. The Bertz CT molecular complexity index is 896. The van der Waals surface area contributed by atoms with Gasteiger partial charge < -0.3 is 18.6 Å². The minimum atomic E-state index is -0.154. The first-order valence-electron chi connectivity index (χ1n) is 7.42. The van der Waals surface area contributed by atoms with E-state index in [1.807, 2.05) is 12.1 Å². The number of furan rings is 1. The van der Waals surface area contributed by atoms with Gasteiger partial charge in [0.15, 0.2) is 17.3 Å². The molecule has 0 spiro atoms. The van der Waals surface area contributed by atoms with Crippen LogP contribution in [0.1, 0.15) is 15.9 Å². The van der Waals surface area contributed by atoms with E-state index >= 15 is 0 Å². The Labute approximate surface area is 138 Å². The van der Waals surface area contributed by atoms with Gasteiger partial charge in [0, 0.05) is 11.1 Å². The summed E-state index contributed by atoms with van der Waals surface area (Å²) < 4.78 is 21.4. The summed E-state index contributed by atoms with van der Waals surface area (Å²) in [6, 6.07) is 14.2. The Kier molecular flexibility index (Phi) is 3.46. The molecule has 0 fully saturated rings. The van der Waals surface area contributed by atoms with E-state index in [4.69, 9.17) is 18.6 Å². The summed E-state index contributed by atoms with van der Waals surface area (Å²) in [6.45, 7) is 0.171. The summed E-state index contributed by atoms with van der Waals surface area (Å²) in [5.74, 6) is 2.26. The molecule has 0 bridgehead atoms. The smallest absolute Gasteiger partial charge is 0.231 e. The molecule has 5 nitrogen and oxygen atoms in total. The van der Waals surface area contributed by atoms with Crippen LogP contribution < -0.4 is 14.2 Å². The van der Waals surface area contributed by atoms with Gasteiger partial charge in [0.05, 0.1) is 18.9 Å². The van der Waals surface area contributed by atoms with Crippen LogP contribution >= 0.6 is 0 Å². The van der Waals surface area contributed by atoms with Crippen molar-refractivity contribution in [1.29, 1.82) is 0 Å². The van der Waals surface area contributed by atoms with Crippen molar-refractivity contribution in [3.05, 3.63) is 65.9 Å². The lowest BCUT2D eigenvalue weighted by atomic mass is 9.99. The second kappa shape index (κ2) is 5.77. The van der Waals surface area contributed by atoms with Crippen molar-refractivity contribution >= 4 is 5.78 Å². The number of fused-ring (bicyclic) bond motifs is 1. The molecule has 0 amide bonds. The van der Waals surface area contributed by atoms with E-state index in [1.165, 1.54) is 0 Å². The topological polar surface area (TPSA) is 57.9 Å². The lowest BCUT2D eigenvalue weighted by Gasteiger charge is -2.10. The van der Waals surface area contributed by atoms with Gasteiger partial charge in [-0.1, -0.05) is 0 Å². The van der Waals surface area contributed by atoms with Crippen molar-refractivity contribution < 1.29 is 23.4 Å². The molecule has 24 heavy (non-hydrogen) atoms. The van der Waals surface area contributed by atoms with Crippen LogP contribution in [0.4, 0.5) is 0 Å². The van der Waals surface area contributed by atoms with Crippen molar-refractivity contribution in [2.24, 2.45) is 0 Å². The molecule has 0 saturated carbocycles. The third kappa shape index (κ3) is 2.40. The van der Waals surface area contributed by atoms with Gasteiger partial charge in [-0.3, -0.25) is 4.79 Å². The molecule has 4 rings (SSSR count). The monoisotopic (exact) mass is 322 g/mol. The maximum atomic E-state index is 12.9. The maximum Gasteiger partial charge on any atom is 0.231 e. The number of hydrogen-bond acceptors (Lipinski definition) is 5. The number of ether oxygens (including phenoxy) is 3. The van der Waals surface area contributed by atoms with Crippen LogP contribution in [0.3, 0.4) is 0 Å². The fourth-order valence-corrected chi connectivity index (χ4v) is 2.67. The van der Waals surface area contributed by atoms with Crippen molar-refractivity contribution in [3.8, 4) is 28.6 Å². The molecule has 3 aromatic rings. The van der Waals surface area contributed by atoms with Crippen molar-refractivity contribution in [3.63, 3.8) is 0 Å². The number of rotatable bonds is 4. The van der Waals surface area contributed by atoms with E-state index in [1.54, 1.807) is 49.8 Å². The molecule has 0 N–H and O–H groups in total.